The molecule has 0 bridgehead atoms. The molecular formula is C21H21N3O2. The molecule has 1 aromatic heterocycles. The van der Waals surface area contributed by atoms with Crippen LogP contribution in [-0.4, -0.2) is 27.5 Å². The zero-order valence-electron chi connectivity index (χ0n) is 14.8. The molecule has 0 spiro atoms. The fraction of sp³-hybridized carbons (Fsp3) is 0.286. The summed E-state index contributed by atoms with van der Waals surface area (Å²) in [5.41, 5.74) is 2.63. The van der Waals surface area contributed by atoms with E-state index in [0.717, 1.165) is 36.0 Å². The lowest BCUT2D eigenvalue weighted by Gasteiger charge is -2.33. The van der Waals surface area contributed by atoms with Crippen LogP contribution in [0.3, 0.4) is 0 Å². The first-order valence-electron chi connectivity index (χ1n) is 8.99. The fourth-order valence-electron chi connectivity index (χ4n) is 3.47. The quantitative estimate of drug-likeness (QED) is 0.704. The van der Waals surface area contributed by atoms with Crippen molar-refractivity contribution in [1.29, 1.82) is 0 Å². The number of carbonyl (C=O) groups is 1. The second-order valence-corrected chi connectivity index (χ2v) is 6.65. The first-order chi connectivity index (χ1) is 12.7. The molecule has 1 fully saturated rings. The molecule has 2 aromatic carbocycles. The maximum atomic E-state index is 13.1. The Morgan fingerprint density at radius 3 is 2.65 bits per heavy atom. The highest BCUT2D eigenvalue weighted by atomic mass is 16.5. The lowest BCUT2D eigenvalue weighted by Crippen LogP contribution is -2.39. The van der Waals surface area contributed by atoms with Gasteiger partial charge in [0.25, 0.3) is 5.91 Å². The number of benzene rings is 2. The molecule has 4 rings (SSSR count). The standard InChI is InChI=1S/C21H21N3O2/c1-15-9-5-6-12-17(15)21(25)24-14-8-7-13-18(24)20-22-19(23-26-20)16-10-3-2-4-11-16/h2-6,9-12,18H,7-8,13-14H2,1H3. The summed E-state index contributed by atoms with van der Waals surface area (Å²) in [4.78, 5) is 19.6. The molecule has 1 aliphatic heterocycles. The number of piperidine rings is 1. The van der Waals surface area contributed by atoms with Crippen molar-refractivity contribution < 1.29 is 9.32 Å². The van der Waals surface area contributed by atoms with Crippen LogP contribution in [0.2, 0.25) is 0 Å². The minimum atomic E-state index is -0.166. The third-order valence-electron chi connectivity index (χ3n) is 4.90. The van der Waals surface area contributed by atoms with Crippen LogP contribution >= 0.6 is 0 Å². The van der Waals surface area contributed by atoms with Crippen molar-refractivity contribution >= 4 is 5.91 Å². The Morgan fingerprint density at radius 1 is 1.08 bits per heavy atom. The van der Waals surface area contributed by atoms with Crippen LogP contribution in [0.25, 0.3) is 11.4 Å². The first kappa shape index (κ1) is 16.5. The normalized spacial score (nSPS) is 17.3. The van der Waals surface area contributed by atoms with Gasteiger partial charge in [0.15, 0.2) is 0 Å². The Bertz CT molecular complexity index is 904. The van der Waals surface area contributed by atoms with Crippen molar-refractivity contribution in [3.8, 4) is 11.4 Å². The number of nitrogens with zero attached hydrogens (tertiary/aromatic N) is 3. The third-order valence-corrected chi connectivity index (χ3v) is 4.90. The van der Waals surface area contributed by atoms with Gasteiger partial charge in [0.05, 0.1) is 0 Å². The van der Waals surface area contributed by atoms with Crippen molar-refractivity contribution in [3.63, 3.8) is 0 Å². The van der Waals surface area contributed by atoms with Gasteiger partial charge in [0, 0.05) is 17.7 Å². The van der Waals surface area contributed by atoms with Crippen LogP contribution < -0.4 is 0 Å². The smallest absolute Gasteiger partial charge is 0.254 e. The highest BCUT2D eigenvalue weighted by Crippen LogP contribution is 2.32. The first-order valence-corrected chi connectivity index (χ1v) is 8.99. The number of carbonyl (C=O) groups excluding carboxylic acids is 1. The Kier molecular flexibility index (Phi) is 4.52. The van der Waals surface area contributed by atoms with Gasteiger partial charge in [0.2, 0.25) is 11.7 Å². The zero-order chi connectivity index (χ0) is 17.9. The van der Waals surface area contributed by atoms with E-state index in [1.54, 1.807) is 0 Å². The van der Waals surface area contributed by atoms with Gasteiger partial charge in [-0.3, -0.25) is 4.79 Å². The van der Waals surface area contributed by atoms with Gasteiger partial charge in [0.1, 0.15) is 6.04 Å². The second kappa shape index (κ2) is 7.12. The predicted octanol–water partition coefficient (Wildman–Crippen LogP) is 4.41. The Labute approximate surface area is 152 Å². The number of likely N-dealkylation sites (tertiary alicyclic amines) is 1. The van der Waals surface area contributed by atoms with E-state index in [9.17, 15) is 4.79 Å². The van der Waals surface area contributed by atoms with Crippen LogP contribution in [0.5, 0.6) is 0 Å². The summed E-state index contributed by atoms with van der Waals surface area (Å²) in [5.74, 6) is 1.12. The van der Waals surface area contributed by atoms with E-state index in [4.69, 9.17) is 4.52 Å². The number of hydrogen-bond donors (Lipinski definition) is 0. The zero-order valence-corrected chi connectivity index (χ0v) is 14.8. The molecule has 0 aliphatic carbocycles. The average Bonchev–Trinajstić information content (AvgIpc) is 3.19. The summed E-state index contributed by atoms with van der Waals surface area (Å²) in [7, 11) is 0. The lowest BCUT2D eigenvalue weighted by molar-refractivity contribution is 0.0560. The highest BCUT2D eigenvalue weighted by molar-refractivity contribution is 5.95. The summed E-state index contributed by atoms with van der Waals surface area (Å²) in [6, 6.07) is 17.3. The molecule has 3 aromatic rings. The van der Waals surface area contributed by atoms with Gasteiger partial charge in [-0.15, -0.1) is 0 Å². The minimum Gasteiger partial charge on any atom is -0.337 e. The molecule has 5 nitrogen and oxygen atoms in total. The molecular weight excluding hydrogens is 326 g/mol. The topological polar surface area (TPSA) is 59.2 Å². The molecule has 1 aliphatic rings. The van der Waals surface area contributed by atoms with E-state index in [-0.39, 0.29) is 11.9 Å². The van der Waals surface area contributed by atoms with Crippen LogP contribution in [0.1, 0.15) is 47.1 Å². The monoisotopic (exact) mass is 347 g/mol. The Hall–Kier alpha value is -2.95. The molecule has 26 heavy (non-hydrogen) atoms. The third kappa shape index (κ3) is 3.12. The lowest BCUT2D eigenvalue weighted by atomic mass is 9.99. The van der Waals surface area contributed by atoms with Crippen molar-refractivity contribution in [2.75, 3.05) is 6.54 Å². The van der Waals surface area contributed by atoms with E-state index in [2.05, 4.69) is 10.1 Å². The minimum absolute atomic E-state index is 0.0345. The summed E-state index contributed by atoms with van der Waals surface area (Å²) < 4.78 is 5.55. The average molecular weight is 347 g/mol. The van der Waals surface area contributed by atoms with Crippen LogP contribution in [0, 0.1) is 6.92 Å². The molecule has 1 atom stereocenters. The van der Waals surface area contributed by atoms with Crippen molar-refractivity contribution in [1.82, 2.24) is 15.0 Å². The Morgan fingerprint density at radius 2 is 1.85 bits per heavy atom. The number of aromatic nitrogens is 2. The van der Waals surface area contributed by atoms with Crippen LogP contribution in [0.4, 0.5) is 0 Å². The molecule has 2 heterocycles. The SMILES string of the molecule is Cc1ccccc1C(=O)N1CCCCC1c1nc(-c2ccccc2)no1. The van der Waals surface area contributed by atoms with Gasteiger partial charge in [-0.05, 0) is 37.8 Å². The molecule has 1 saturated heterocycles. The van der Waals surface area contributed by atoms with Crippen molar-refractivity contribution in [2.45, 2.75) is 32.2 Å². The molecule has 0 saturated carbocycles. The van der Waals surface area contributed by atoms with Gasteiger partial charge in [-0.2, -0.15) is 4.98 Å². The molecule has 132 valence electrons. The van der Waals surface area contributed by atoms with Crippen molar-refractivity contribution in [3.05, 3.63) is 71.6 Å². The molecule has 1 unspecified atom stereocenters. The molecule has 1 amide bonds. The Balaban J connectivity index is 1.63. The molecule has 0 N–H and O–H groups in total. The summed E-state index contributed by atoms with van der Waals surface area (Å²) >= 11 is 0. The molecule has 0 radical (unpaired) electrons. The molecule has 5 heteroatoms. The van der Waals surface area contributed by atoms with Gasteiger partial charge in [-0.25, -0.2) is 0 Å². The number of amides is 1. The van der Waals surface area contributed by atoms with E-state index in [0.29, 0.717) is 18.3 Å². The number of aryl methyl sites for hydroxylation is 1. The predicted molar refractivity (Wildman–Crippen MR) is 98.5 cm³/mol. The van der Waals surface area contributed by atoms with E-state index < -0.39 is 0 Å². The van der Waals surface area contributed by atoms with Crippen LogP contribution in [-0.2, 0) is 0 Å². The second-order valence-electron chi connectivity index (χ2n) is 6.65. The maximum absolute atomic E-state index is 13.1. The number of rotatable bonds is 3. The number of hydrogen-bond acceptors (Lipinski definition) is 4. The largest absolute Gasteiger partial charge is 0.337 e. The summed E-state index contributed by atoms with van der Waals surface area (Å²) in [6.45, 7) is 2.67. The van der Waals surface area contributed by atoms with Gasteiger partial charge < -0.3 is 9.42 Å². The maximum Gasteiger partial charge on any atom is 0.254 e. The highest BCUT2D eigenvalue weighted by Gasteiger charge is 2.33. The summed E-state index contributed by atoms with van der Waals surface area (Å²) in [5, 5.41) is 4.12. The fourth-order valence-corrected chi connectivity index (χ4v) is 3.47. The van der Waals surface area contributed by atoms with E-state index in [1.807, 2.05) is 66.4 Å². The van der Waals surface area contributed by atoms with E-state index in [1.165, 1.54) is 0 Å². The summed E-state index contributed by atoms with van der Waals surface area (Å²) in [6.07, 6.45) is 2.88. The van der Waals surface area contributed by atoms with Gasteiger partial charge >= 0.3 is 0 Å². The van der Waals surface area contributed by atoms with E-state index >= 15 is 0 Å². The van der Waals surface area contributed by atoms with Gasteiger partial charge in [-0.1, -0.05) is 53.7 Å². The van der Waals surface area contributed by atoms with Crippen molar-refractivity contribution in [2.24, 2.45) is 0 Å². The van der Waals surface area contributed by atoms with Crippen LogP contribution in [0.15, 0.2) is 59.1 Å².